The maximum Gasteiger partial charge on any atom is 0.345 e. The van der Waals surface area contributed by atoms with Crippen LogP contribution in [0.3, 0.4) is 0 Å². The van der Waals surface area contributed by atoms with Crippen molar-refractivity contribution < 1.29 is 0 Å². The molecule has 0 aliphatic carbocycles. The van der Waals surface area contributed by atoms with Gasteiger partial charge < -0.3 is 4.98 Å². The minimum atomic E-state index is -0.281. The second-order valence-electron chi connectivity index (χ2n) is 3.52. The van der Waals surface area contributed by atoms with Gasteiger partial charge in [-0.3, -0.25) is 0 Å². The van der Waals surface area contributed by atoms with Gasteiger partial charge in [0.1, 0.15) is 0 Å². The van der Waals surface area contributed by atoms with E-state index in [9.17, 15) is 4.79 Å². The van der Waals surface area contributed by atoms with Crippen molar-refractivity contribution in [1.82, 2.24) is 9.97 Å². The molecule has 3 nitrogen and oxygen atoms in total. The van der Waals surface area contributed by atoms with Crippen LogP contribution < -0.4 is 5.69 Å². The van der Waals surface area contributed by atoms with Crippen molar-refractivity contribution in [3.8, 4) is 0 Å². The van der Waals surface area contributed by atoms with Crippen molar-refractivity contribution in [1.29, 1.82) is 0 Å². The van der Waals surface area contributed by atoms with Crippen LogP contribution in [-0.2, 0) is 6.42 Å². The van der Waals surface area contributed by atoms with E-state index in [1.54, 1.807) is 0 Å². The number of para-hydroxylation sites is 1. The van der Waals surface area contributed by atoms with Crippen molar-refractivity contribution in [2.75, 3.05) is 0 Å². The highest BCUT2D eigenvalue weighted by molar-refractivity contribution is 9.09. The van der Waals surface area contributed by atoms with Gasteiger partial charge in [0.2, 0.25) is 0 Å². The molecule has 1 heterocycles. The second-order valence-corrected chi connectivity index (χ2v) is 5.09. The number of hydrogen-bond donors (Lipinski definition) is 1. The normalized spacial score (nSPS) is 12.9. The van der Waals surface area contributed by atoms with Gasteiger partial charge in [-0.05, 0) is 6.07 Å². The molecule has 78 valence electrons. The van der Waals surface area contributed by atoms with Gasteiger partial charge in [-0.2, -0.15) is 4.98 Å². The molecule has 0 aliphatic rings. The highest BCUT2D eigenvalue weighted by atomic mass is 79.9. The Balaban J connectivity index is 2.66. The number of aromatic amines is 1. The van der Waals surface area contributed by atoms with E-state index in [1.807, 2.05) is 31.2 Å². The number of rotatable bonds is 2. The van der Waals surface area contributed by atoms with Crippen molar-refractivity contribution in [3.05, 3.63) is 40.4 Å². The molecule has 1 atom stereocenters. The van der Waals surface area contributed by atoms with Gasteiger partial charge in [0, 0.05) is 22.3 Å². The highest BCUT2D eigenvalue weighted by Crippen LogP contribution is 2.16. The molecule has 0 saturated carbocycles. The SMILES string of the molecule is CC(Br)Cc1[nH]c(=O)nc2ccccc12. The van der Waals surface area contributed by atoms with E-state index in [-0.39, 0.29) is 5.69 Å². The van der Waals surface area contributed by atoms with E-state index >= 15 is 0 Å². The summed E-state index contributed by atoms with van der Waals surface area (Å²) < 4.78 is 0. The predicted octanol–water partition coefficient (Wildman–Crippen LogP) is 2.25. The Kier molecular flexibility index (Phi) is 2.86. The third-order valence-electron chi connectivity index (χ3n) is 2.19. The molecule has 0 fully saturated rings. The van der Waals surface area contributed by atoms with Crippen LogP contribution in [-0.4, -0.2) is 14.8 Å². The zero-order chi connectivity index (χ0) is 10.8. The van der Waals surface area contributed by atoms with Crippen LogP contribution in [0.1, 0.15) is 12.6 Å². The van der Waals surface area contributed by atoms with E-state index in [1.165, 1.54) is 0 Å². The Morgan fingerprint density at radius 2 is 2.20 bits per heavy atom. The Morgan fingerprint density at radius 3 is 2.93 bits per heavy atom. The number of nitrogens with zero attached hydrogens (tertiary/aromatic N) is 1. The summed E-state index contributed by atoms with van der Waals surface area (Å²) >= 11 is 3.48. The van der Waals surface area contributed by atoms with Crippen LogP contribution in [0.2, 0.25) is 0 Å². The van der Waals surface area contributed by atoms with E-state index in [2.05, 4.69) is 25.9 Å². The molecule has 0 aliphatic heterocycles. The molecule has 4 heteroatoms. The number of alkyl halides is 1. The van der Waals surface area contributed by atoms with Crippen molar-refractivity contribution in [2.45, 2.75) is 18.2 Å². The largest absolute Gasteiger partial charge is 0.345 e. The van der Waals surface area contributed by atoms with Crippen molar-refractivity contribution in [2.24, 2.45) is 0 Å². The van der Waals surface area contributed by atoms with Crippen LogP contribution in [0.5, 0.6) is 0 Å². The lowest BCUT2D eigenvalue weighted by Gasteiger charge is -2.06. The Hall–Kier alpha value is -1.16. The first-order valence-corrected chi connectivity index (χ1v) is 5.70. The van der Waals surface area contributed by atoms with Gasteiger partial charge in [0.15, 0.2) is 0 Å². The lowest BCUT2D eigenvalue weighted by Crippen LogP contribution is -2.14. The van der Waals surface area contributed by atoms with Gasteiger partial charge in [-0.25, -0.2) is 4.79 Å². The molecule has 2 rings (SSSR count). The van der Waals surface area contributed by atoms with Crippen molar-refractivity contribution in [3.63, 3.8) is 0 Å². The van der Waals surface area contributed by atoms with E-state index < -0.39 is 0 Å². The number of nitrogens with one attached hydrogen (secondary N) is 1. The molecule has 15 heavy (non-hydrogen) atoms. The minimum absolute atomic E-state index is 0.281. The van der Waals surface area contributed by atoms with Crippen LogP contribution in [0.25, 0.3) is 10.9 Å². The molecule has 0 radical (unpaired) electrons. The molecule has 0 bridgehead atoms. The topological polar surface area (TPSA) is 45.8 Å². The molecule has 0 amide bonds. The fraction of sp³-hybridized carbons (Fsp3) is 0.273. The average Bonchev–Trinajstić information content (AvgIpc) is 2.16. The number of benzene rings is 1. The molecular formula is C11H11BrN2O. The average molecular weight is 267 g/mol. The molecule has 0 saturated heterocycles. The Labute approximate surface area is 95.7 Å². The van der Waals surface area contributed by atoms with Crippen molar-refractivity contribution >= 4 is 26.8 Å². The fourth-order valence-corrected chi connectivity index (χ4v) is 1.93. The third kappa shape index (κ3) is 2.26. The van der Waals surface area contributed by atoms with Gasteiger partial charge in [0.25, 0.3) is 0 Å². The standard InChI is InChI=1S/C11H11BrN2O/c1-7(12)6-10-8-4-2-3-5-9(8)13-11(15)14-10/h2-5,7H,6H2,1H3,(H,13,14,15). The first kappa shape index (κ1) is 10.4. The highest BCUT2D eigenvalue weighted by Gasteiger charge is 2.06. The molecule has 1 aromatic heterocycles. The second kappa shape index (κ2) is 4.14. The van der Waals surface area contributed by atoms with E-state index in [0.29, 0.717) is 4.83 Å². The maximum absolute atomic E-state index is 11.3. The molecule has 1 N–H and O–H groups in total. The zero-order valence-electron chi connectivity index (χ0n) is 8.33. The smallest absolute Gasteiger partial charge is 0.309 e. The Morgan fingerprint density at radius 1 is 1.47 bits per heavy atom. The number of halogens is 1. The summed E-state index contributed by atoms with van der Waals surface area (Å²) in [7, 11) is 0. The number of fused-ring (bicyclic) bond motifs is 1. The van der Waals surface area contributed by atoms with Gasteiger partial charge in [-0.1, -0.05) is 41.1 Å². The summed E-state index contributed by atoms with van der Waals surface area (Å²) in [5.74, 6) is 0. The zero-order valence-corrected chi connectivity index (χ0v) is 9.91. The fourth-order valence-electron chi connectivity index (χ4n) is 1.60. The van der Waals surface area contributed by atoms with Gasteiger partial charge in [0.05, 0.1) is 5.52 Å². The number of aromatic nitrogens is 2. The number of H-pyrrole nitrogens is 1. The predicted molar refractivity (Wildman–Crippen MR) is 64.5 cm³/mol. The molecule has 1 unspecified atom stereocenters. The summed E-state index contributed by atoms with van der Waals surface area (Å²) in [4.78, 5) is 18.3. The molecule has 1 aromatic carbocycles. The minimum Gasteiger partial charge on any atom is -0.309 e. The lowest BCUT2D eigenvalue weighted by molar-refractivity contribution is 0.902. The summed E-state index contributed by atoms with van der Waals surface area (Å²) in [5.41, 5.74) is 1.41. The Bertz CT molecular complexity index is 533. The molecule has 0 spiro atoms. The van der Waals surface area contributed by atoms with Gasteiger partial charge >= 0.3 is 5.69 Å². The maximum atomic E-state index is 11.3. The van der Waals surface area contributed by atoms with E-state index in [4.69, 9.17) is 0 Å². The van der Waals surface area contributed by atoms with Crippen LogP contribution in [0.4, 0.5) is 0 Å². The first-order chi connectivity index (χ1) is 7.16. The lowest BCUT2D eigenvalue weighted by atomic mass is 10.1. The van der Waals surface area contributed by atoms with Crippen LogP contribution >= 0.6 is 15.9 Å². The number of hydrogen-bond acceptors (Lipinski definition) is 2. The summed E-state index contributed by atoms with van der Waals surface area (Å²) in [5, 5.41) is 1.02. The summed E-state index contributed by atoms with van der Waals surface area (Å²) in [6.07, 6.45) is 0.790. The summed E-state index contributed by atoms with van der Waals surface area (Å²) in [6.45, 7) is 2.05. The summed E-state index contributed by atoms with van der Waals surface area (Å²) in [6, 6.07) is 7.66. The van der Waals surface area contributed by atoms with Crippen LogP contribution in [0, 0.1) is 0 Å². The first-order valence-electron chi connectivity index (χ1n) is 4.79. The quantitative estimate of drug-likeness (QED) is 0.848. The monoisotopic (exact) mass is 266 g/mol. The molecular weight excluding hydrogens is 256 g/mol. The molecule has 2 aromatic rings. The van der Waals surface area contributed by atoms with Gasteiger partial charge in [-0.15, -0.1) is 0 Å². The third-order valence-corrected chi connectivity index (χ3v) is 2.52. The van der Waals surface area contributed by atoms with Crippen LogP contribution in [0.15, 0.2) is 29.1 Å². The van der Waals surface area contributed by atoms with E-state index in [0.717, 1.165) is 23.0 Å².